The SMILES string of the molecule is CCCCC1(CCCC)c2cc(-c3cccc4c3[nH]c3ccccc34)ccc2-c2ccc(N(c3ccccc3)c3ccccc3)cc21. The molecule has 0 spiro atoms. The minimum atomic E-state index is -0.0316. The van der Waals surface area contributed by atoms with Gasteiger partial charge in [0.1, 0.15) is 0 Å². The molecule has 1 aliphatic carbocycles. The lowest BCUT2D eigenvalue weighted by molar-refractivity contribution is 0.414. The van der Waals surface area contributed by atoms with Crippen LogP contribution in [-0.2, 0) is 5.41 Å². The van der Waals surface area contributed by atoms with E-state index >= 15 is 0 Å². The van der Waals surface area contributed by atoms with Crippen LogP contribution in [0.2, 0.25) is 0 Å². The van der Waals surface area contributed by atoms with Gasteiger partial charge >= 0.3 is 0 Å². The molecule has 7 aromatic rings. The standard InChI is InChI=1S/C45H42N2/c1-3-5-28-45(29-6-4-2)41-30-32(36-21-15-22-40-39-20-13-14-23-43(39)46-44(36)40)24-26-37(41)38-27-25-35(31-42(38)45)47(33-16-9-7-10-17-33)34-18-11-8-12-19-34/h7-27,30-31,46H,3-6,28-29H2,1-2H3. The van der Waals surface area contributed by atoms with Crippen LogP contribution in [0.5, 0.6) is 0 Å². The average Bonchev–Trinajstić information content (AvgIpc) is 3.64. The number of hydrogen-bond acceptors (Lipinski definition) is 1. The number of aromatic nitrogens is 1. The van der Waals surface area contributed by atoms with Gasteiger partial charge in [0, 0.05) is 44.3 Å². The van der Waals surface area contributed by atoms with Crippen LogP contribution >= 0.6 is 0 Å². The fourth-order valence-corrected chi connectivity index (χ4v) is 8.13. The summed E-state index contributed by atoms with van der Waals surface area (Å²) in [6.45, 7) is 4.67. The summed E-state index contributed by atoms with van der Waals surface area (Å²) in [4.78, 5) is 6.18. The zero-order chi connectivity index (χ0) is 31.8. The third kappa shape index (κ3) is 4.95. The fraction of sp³-hybridized carbons (Fsp3) is 0.200. The lowest BCUT2D eigenvalue weighted by Gasteiger charge is -2.34. The Kier molecular flexibility index (Phi) is 7.65. The van der Waals surface area contributed by atoms with Crippen LogP contribution in [0.25, 0.3) is 44.1 Å². The highest BCUT2D eigenvalue weighted by Crippen LogP contribution is 2.56. The molecule has 47 heavy (non-hydrogen) atoms. The van der Waals surface area contributed by atoms with Crippen LogP contribution < -0.4 is 4.90 Å². The molecule has 8 rings (SSSR count). The van der Waals surface area contributed by atoms with Gasteiger partial charge in [-0.1, -0.05) is 131 Å². The molecule has 0 aliphatic heterocycles. The number of anilines is 3. The number of aromatic amines is 1. The Morgan fingerprint density at radius 2 is 1.11 bits per heavy atom. The summed E-state index contributed by atoms with van der Waals surface area (Å²) in [5.41, 5.74) is 14.3. The Bertz CT molecular complexity index is 2130. The number of unbranched alkanes of at least 4 members (excludes halogenated alkanes) is 2. The van der Waals surface area contributed by atoms with Crippen LogP contribution in [0.3, 0.4) is 0 Å². The summed E-state index contributed by atoms with van der Waals surface area (Å²) in [6, 6.07) is 51.6. The van der Waals surface area contributed by atoms with Crippen molar-refractivity contribution >= 4 is 38.9 Å². The Morgan fingerprint density at radius 3 is 1.79 bits per heavy atom. The normalized spacial score (nSPS) is 13.1. The zero-order valence-electron chi connectivity index (χ0n) is 27.5. The second kappa shape index (κ2) is 12.3. The third-order valence-electron chi connectivity index (χ3n) is 10.4. The maximum atomic E-state index is 3.76. The first-order valence-electron chi connectivity index (χ1n) is 17.4. The third-order valence-corrected chi connectivity index (χ3v) is 10.4. The van der Waals surface area contributed by atoms with Gasteiger partial charge in [0.2, 0.25) is 0 Å². The monoisotopic (exact) mass is 610 g/mol. The maximum absolute atomic E-state index is 3.76. The van der Waals surface area contributed by atoms with E-state index in [4.69, 9.17) is 0 Å². The van der Waals surface area contributed by atoms with Crippen molar-refractivity contribution in [2.24, 2.45) is 0 Å². The van der Waals surface area contributed by atoms with Gasteiger partial charge < -0.3 is 9.88 Å². The number of benzene rings is 6. The second-order valence-corrected chi connectivity index (χ2v) is 13.2. The molecule has 0 fully saturated rings. The molecule has 1 aromatic heterocycles. The first-order chi connectivity index (χ1) is 23.2. The van der Waals surface area contributed by atoms with Crippen LogP contribution in [0.4, 0.5) is 17.1 Å². The molecule has 0 saturated carbocycles. The highest BCUT2D eigenvalue weighted by molar-refractivity contribution is 6.12. The van der Waals surface area contributed by atoms with Crippen molar-refractivity contribution in [3.63, 3.8) is 0 Å². The van der Waals surface area contributed by atoms with Crippen molar-refractivity contribution in [1.29, 1.82) is 0 Å². The number of fused-ring (bicyclic) bond motifs is 6. The minimum absolute atomic E-state index is 0.0316. The molecule has 2 nitrogen and oxygen atoms in total. The summed E-state index contributed by atoms with van der Waals surface area (Å²) in [5.74, 6) is 0. The van der Waals surface area contributed by atoms with Gasteiger partial charge in [0.15, 0.2) is 0 Å². The maximum Gasteiger partial charge on any atom is 0.0544 e. The van der Waals surface area contributed by atoms with E-state index in [0.29, 0.717) is 0 Å². The summed E-state index contributed by atoms with van der Waals surface area (Å²) in [5, 5.41) is 2.57. The molecule has 0 bridgehead atoms. The van der Waals surface area contributed by atoms with Crippen LogP contribution in [0, 0.1) is 0 Å². The van der Waals surface area contributed by atoms with E-state index in [2.05, 4.69) is 163 Å². The highest BCUT2D eigenvalue weighted by atomic mass is 15.1. The molecular weight excluding hydrogens is 569 g/mol. The van der Waals surface area contributed by atoms with E-state index < -0.39 is 0 Å². The Morgan fingerprint density at radius 1 is 0.511 bits per heavy atom. The van der Waals surface area contributed by atoms with Crippen LogP contribution in [0.15, 0.2) is 140 Å². The fourth-order valence-electron chi connectivity index (χ4n) is 8.13. The van der Waals surface area contributed by atoms with E-state index in [9.17, 15) is 0 Å². The first-order valence-corrected chi connectivity index (χ1v) is 17.4. The Balaban J connectivity index is 1.32. The Labute approximate surface area is 278 Å². The smallest absolute Gasteiger partial charge is 0.0544 e. The molecule has 0 atom stereocenters. The molecule has 232 valence electrons. The van der Waals surface area contributed by atoms with E-state index in [1.807, 2.05) is 0 Å². The van der Waals surface area contributed by atoms with Crippen LogP contribution in [-0.4, -0.2) is 4.98 Å². The number of hydrogen-bond donors (Lipinski definition) is 1. The van der Waals surface area contributed by atoms with Crippen molar-refractivity contribution in [2.75, 3.05) is 4.90 Å². The van der Waals surface area contributed by atoms with Gasteiger partial charge in [-0.05, 0) is 89.2 Å². The van der Waals surface area contributed by atoms with Crippen molar-refractivity contribution in [3.8, 4) is 22.3 Å². The number of rotatable bonds is 10. The van der Waals surface area contributed by atoms with Crippen molar-refractivity contribution < 1.29 is 0 Å². The largest absolute Gasteiger partial charge is 0.354 e. The number of nitrogens with zero attached hydrogens (tertiary/aromatic N) is 1. The lowest BCUT2D eigenvalue weighted by atomic mass is 9.70. The number of H-pyrrole nitrogens is 1. The molecular formula is C45H42N2. The summed E-state index contributed by atoms with van der Waals surface area (Å²) in [7, 11) is 0. The summed E-state index contributed by atoms with van der Waals surface area (Å²) >= 11 is 0. The number of nitrogens with one attached hydrogen (secondary N) is 1. The predicted molar refractivity (Wildman–Crippen MR) is 201 cm³/mol. The van der Waals surface area contributed by atoms with E-state index in [1.54, 1.807) is 0 Å². The number of para-hydroxylation sites is 4. The Hall–Kier alpha value is -5.08. The molecule has 0 amide bonds. The van der Waals surface area contributed by atoms with Gasteiger partial charge in [-0.15, -0.1) is 0 Å². The molecule has 0 saturated heterocycles. The summed E-state index contributed by atoms with van der Waals surface area (Å²) in [6.07, 6.45) is 7.09. The van der Waals surface area contributed by atoms with Crippen molar-refractivity contribution in [3.05, 3.63) is 151 Å². The highest BCUT2D eigenvalue weighted by Gasteiger charge is 2.42. The molecule has 0 unspecified atom stereocenters. The molecule has 1 aliphatic rings. The van der Waals surface area contributed by atoms with Crippen LogP contribution in [0.1, 0.15) is 63.5 Å². The van der Waals surface area contributed by atoms with Crippen molar-refractivity contribution in [1.82, 2.24) is 4.98 Å². The van der Waals surface area contributed by atoms with E-state index in [1.165, 1.54) is 97.9 Å². The van der Waals surface area contributed by atoms with Gasteiger partial charge in [0.05, 0.1) is 5.52 Å². The van der Waals surface area contributed by atoms with Gasteiger partial charge in [-0.3, -0.25) is 0 Å². The molecule has 1 N–H and O–H groups in total. The summed E-state index contributed by atoms with van der Waals surface area (Å²) < 4.78 is 0. The van der Waals surface area contributed by atoms with E-state index in [-0.39, 0.29) is 5.41 Å². The van der Waals surface area contributed by atoms with Crippen molar-refractivity contribution in [2.45, 2.75) is 57.8 Å². The average molecular weight is 611 g/mol. The predicted octanol–water partition coefficient (Wildman–Crippen LogP) is 13.1. The minimum Gasteiger partial charge on any atom is -0.354 e. The quantitative estimate of drug-likeness (QED) is 0.163. The topological polar surface area (TPSA) is 19.0 Å². The zero-order valence-corrected chi connectivity index (χ0v) is 27.5. The van der Waals surface area contributed by atoms with Gasteiger partial charge in [0.25, 0.3) is 0 Å². The molecule has 1 heterocycles. The van der Waals surface area contributed by atoms with E-state index in [0.717, 1.165) is 12.8 Å². The first kappa shape index (κ1) is 29.3. The van der Waals surface area contributed by atoms with Gasteiger partial charge in [-0.25, -0.2) is 0 Å². The molecule has 0 radical (unpaired) electrons. The molecule has 2 heteroatoms. The second-order valence-electron chi connectivity index (χ2n) is 13.2. The molecule has 6 aromatic carbocycles. The van der Waals surface area contributed by atoms with Gasteiger partial charge in [-0.2, -0.15) is 0 Å². The lowest BCUT2D eigenvalue weighted by Crippen LogP contribution is -2.26.